The molecule has 6 nitrogen and oxygen atoms in total. The Morgan fingerprint density at radius 3 is 2.46 bits per heavy atom. The molecule has 2 aliphatic rings. The summed E-state index contributed by atoms with van der Waals surface area (Å²) in [6, 6.07) is 8.37. The van der Waals surface area contributed by atoms with Gasteiger partial charge in [-0.05, 0) is 37.5 Å². The summed E-state index contributed by atoms with van der Waals surface area (Å²) < 4.78 is 26.6. The number of amides is 1. The molecule has 0 unspecified atom stereocenters. The second-order valence-electron chi connectivity index (χ2n) is 7.38. The molecule has 144 valence electrons. The first-order valence-electron chi connectivity index (χ1n) is 9.53. The third-order valence-electron chi connectivity index (χ3n) is 5.28. The Labute approximate surface area is 156 Å². The Morgan fingerprint density at radius 2 is 1.81 bits per heavy atom. The van der Waals surface area contributed by atoms with Crippen LogP contribution in [0.2, 0.25) is 0 Å². The number of sulfonamides is 1. The van der Waals surface area contributed by atoms with Gasteiger partial charge in [-0.25, -0.2) is 8.42 Å². The van der Waals surface area contributed by atoms with Crippen LogP contribution in [0.25, 0.3) is 0 Å². The van der Waals surface area contributed by atoms with Crippen LogP contribution in [0.3, 0.4) is 0 Å². The van der Waals surface area contributed by atoms with Crippen molar-refractivity contribution in [2.45, 2.75) is 45.1 Å². The zero-order valence-corrected chi connectivity index (χ0v) is 16.3. The highest BCUT2D eigenvalue weighted by atomic mass is 32.2. The maximum atomic E-state index is 12.6. The third-order valence-corrected chi connectivity index (χ3v) is 7.06. The minimum atomic E-state index is -3.55. The number of nitrogens with zero attached hydrogens (tertiary/aromatic N) is 2. The van der Waals surface area contributed by atoms with Crippen molar-refractivity contribution in [3.63, 3.8) is 0 Å². The maximum absolute atomic E-state index is 12.6. The third kappa shape index (κ3) is 4.98. The molecular formula is C19H29N3O3S. The summed E-state index contributed by atoms with van der Waals surface area (Å²) in [5.74, 6) is -0.800. The van der Waals surface area contributed by atoms with Gasteiger partial charge >= 0.3 is 0 Å². The number of hydrogen-bond acceptors (Lipinski definition) is 4. The number of rotatable bonds is 5. The topological polar surface area (TPSA) is 69.7 Å². The molecule has 1 aromatic carbocycles. The first-order chi connectivity index (χ1) is 12.4. The summed E-state index contributed by atoms with van der Waals surface area (Å²) in [5, 5.41) is 2.90. The Hall–Kier alpha value is -1.60. The number of benzene rings is 1. The molecule has 1 heterocycles. The number of hydrogen-bond donors (Lipinski definition) is 1. The predicted octanol–water partition coefficient (Wildman–Crippen LogP) is 1.90. The lowest BCUT2D eigenvalue weighted by atomic mass is 9.95. The molecule has 0 atom stereocenters. The fourth-order valence-corrected chi connectivity index (χ4v) is 5.14. The van der Waals surface area contributed by atoms with Crippen molar-refractivity contribution in [1.82, 2.24) is 9.62 Å². The molecule has 26 heavy (non-hydrogen) atoms. The average Bonchev–Trinajstić information content (AvgIpc) is 2.62. The highest BCUT2D eigenvalue weighted by Gasteiger charge is 2.29. The minimum absolute atomic E-state index is 0.143. The summed E-state index contributed by atoms with van der Waals surface area (Å²) in [7, 11) is -3.55. The van der Waals surface area contributed by atoms with Crippen LogP contribution < -0.4 is 10.2 Å². The lowest BCUT2D eigenvalue weighted by molar-refractivity contribution is -0.119. The Bertz CT molecular complexity index is 721. The van der Waals surface area contributed by atoms with Gasteiger partial charge in [-0.3, -0.25) is 4.79 Å². The Balaban J connectivity index is 1.51. The van der Waals surface area contributed by atoms with Gasteiger partial charge in [-0.2, -0.15) is 4.31 Å². The van der Waals surface area contributed by atoms with Gasteiger partial charge in [0.2, 0.25) is 15.9 Å². The quantitative estimate of drug-likeness (QED) is 0.848. The van der Waals surface area contributed by atoms with Crippen LogP contribution in [0.1, 0.15) is 37.7 Å². The molecule has 0 spiro atoms. The number of carbonyl (C=O) groups is 1. The van der Waals surface area contributed by atoms with Crippen LogP contribution in [0, 0.1) is 6.92 Å². The first kappa shape index (κ1) is 19.2. The van der Waals surface area contributed by atoms with E-state index in [1.165, 1.54) is 16.3 Å². The van der Waals surface area contributed by atoms with E-state index in [0.717, 1.165) is 31.4 Å². The van der Waals surface area contributed by atoms with E-state index in [1.807, 2.05) is 6.07 Å². The van der Waals surface area contributed by atoms with Crippen molar-refractivity contribution >= 4 is 21.6 Å². The van der Waals surface area contributed by atoms with E-state index in [2.05, 4.69) is 35.3 Å². The van der Waals surface area contributed by atoms with Gasteiger partial charge in [0, 0.05) is 37.9 Å². The van der Waals surface area contributed by atoms with E-state index in [1.54, 1.807) is 0 Å². The van der Waals surface area contributed by atoms with Crippen LogP contribution in [0.5, 0.6) is 0 Å². The van der Waals surface area contributed by atoms with Crippen LogP contribution >= 0.6 is 0 Å². The molecule has 0 bridgehead atoms. The van der Waals surface area contributed by atoms with E-state index < -0.39 is 15.8 Å². The molecule has 1 saturated heterocycles. The molecule has 1 amide bonds. The summed E-state index contributed by atoms with van der Waals surface area (Å²) in [6.07, 6.45) is 5.34. The lowest BCUT2D eigenvalue weighted by Gasteiger charge is -2.35. The molecule has 7 heteroatoms. The Kier molecular flexibility index (Phi) is 6.19. The van der Waals surface area contributed by atoms with Crippen molar-refractivity contribution in [3.8, 4) is 0 Å². The molecule has 1 aliphatic heterocycles. The normalized spacial score (nSPS) is 20.1. The number of carbonyl (C=O) groups excluding carboxylic acids is 1. The zero-order valence-electron chi connectivity index (χ0n) is 15.5. The first-order valence-corrected chi connectivity index (χ1v) is 11.1. The Morgan fingerprint density at radius 1 is 1.12 bits per heavy atom. The van der Waals surface area contributed by atoms with Crippen LogP contribution in [0.4, 0.5) is 5.69 Å². The largest absolute Gasteiger partial charge is 0.369 e. The highest BCUT2D eigenvalue weighted by molar-refractivity contribution is 7.89. The van der Waals surface area contributed by atoms with Gasteiger partial charge in [0.05, 0.1) is 0 Å². The second kappa shape index (κ2) is 8.39. The summed E-state index contributed by atoms with van der Waals surface area (Å²) >= 11 is 0. The number of aryl methyl sites for hydroxylation is 1. The molecule has 1 aliphatic carbocycles. The van der Waals surface area contributed by atoms with Gasteiger partial charge in [0.15, 0.2) is 0 Å². The molecule has 1 saturated carbocycles. The van der Waals surface area contributed by atoms with E-state index in [0.29, 0.717) is 26.2 Å². The summed E-state index contributed by atoms with van der Waals surface area (Å²) in [4.78, 5) is 14.4. The zero-order chi connectivity index (χ0) is 18.6. The van der Waals surface area contributed by atoms with Crippen molar-refractivity contribution in [3.05, 3.63) is 29.8 Å². The van der Waals surface area contributed by atoms with Crippen LogP contribution in [-0.2, 0) is 14.8 Å². The standard InChI is InChI=1S/C19H29N3O3S/c1-16-6-5-9-18(14-16)21-10-12-22(13-11-21)26(24,25)15-19(23)20-17-7-3-2-4-8-17/h5-6,9,14,17H,2-4,7-8,10-13,15H2,1H3,(H,20,23). The number of piperazine rings is 1. The van der Waals surface area contributed by atoms with E-state index in [4.69, 9.17) is 0 Å². The van der Waals surface area contributed by atoms with E-state index in [9.17, 15) is 13.2 Å². The fourth-order valence-electron chi connectivity index (χ4n) is 3.82. The van der Waals surface area contributed by atoms with Gasteiger partial charge in [0.1, 0.15) is 5.75 Å². The molecule has 0 aromatic heterocycles. The lowest BCUT2D eigenvalue weighted by Crippen LogP contribution is -2.51. The van der Waals surface area contributed by atoms with E-state index >= 15 is 0 Å². The smallest absolute Gasteiger partial charge is 0.236 e. The van der Waals surface area contributed by atoms with Gasteiger partial charge in [-0.1, -0.05) is 31.4 Å². The molecule has 3 rings (SSSR count). The van der Waals surface area contributed by atoms with Crippen molar-refractivity contribution < 1.29 is 13.2 Å². The van der Waals surface area contributed by atoms with Crippen molar-refractivity contribution in [2.24, 2.45) is 0 Å². The monoisotopic (exact) mass is 379 g/mol. The van der Waals surface area contributed by atoms with Crippen LogP contribution in [0.15, 0.2) is 24.3 Å². The van der Waals surface area contributed by atoms with Crippen molar-refractivity contribution in [1.29, 1.82) is 0 Å². The van der Waals surface area contributed by atoms with Gasteiger partial charge in [-0.15, -0.1) is 0 Å². The summed E-state index contributed by atoms with van der Waals surface area (Å²) in [5.41, 5.74) is 2.31. The molecule has 1 aromatic rings. The second-order valence-corrected chi connectivity index (χ2v) is 9.35. The van der Waals surface area contributed by atoms with Gasteiger partial charge in [0.25, 0.3) is 0 Å². The minimum Gasteiger partial charge on any atom is -0.369 e. The predicted molar refractivity (Wildman–Crippen MR) is 104 cm³/mol. The molecule has 0 radical (unpaired) electrons. The highest BCUT2D eigenvalue weighted by Crippen LogP contribution is 2.20. The molecule has 2 fully saturated rings. The van der Waals surface area contributed by atoms with E-state index in [-0.39, 0.29) is 11.9 Å². The van der Waals surface area contributed by atoms with Gasteiger partial charge < -0.3 is 10.2 Å². The fraction of sp³-hybridized carbons (Fsp3) is 0.632. The number of anilines is 1. The molecule has 1 N–H and O–H groups in total. The molecular weight excluding hydrogens is 350 g/mol. The van der Waals surface area contributed by atoms with Crippen LogP contribution in [-0.4, -0.2) is 56.6 Å². The number of nitrogens with one attached hydrogen (secondary N) is 1. The SMILES string of the molecule is Cc1cccc(N2CCN(S(=O)(=O)CC(=O)NC3CCCCC3)CC2)c1. The van der Waals surface area contributed by atoms with Crippen molar-refractivity contribution in [2.75, 3.05) is 36.8 Å². The summed E-state index contributed by atoms with van der Waals surface area (Å²) in [6.45, 7) is 4.19. The average molecular weight is 380 g/mol. The maximum Gasteiger partial charge on any atom is 0.236 e.